The van der Waals surface area contributed by atoms with Gasteiger partial charge in [0.1, 0.15) is 5.82 Å². The number of fused-ring (bicyclic) bond motifs is 1. The molecular weight excluding hydrogens is 215 g/mol. The molecule has 2 heterocycles. The maximum Gasteiger partial charge on any atom is 0.123 e. The number of piperidine rings is 1. The fourth-order valence-corrected chi connectivity index (χ4v) is 3.26. The van der Waals surface area contributed by atoms with Gasteiger partial charge in [-0.05, 0) is 68.0 Å². The molecule has 1 fully saturated rings. The second kappa shape index (κ2) is 4.65. The fourth-order valence-electron chi connectivity index (χ4n) is 3.26. The monoisotopic (exact) mass is 234 g/mol. The third-order valence-corrected chi connectivity index (χ3v) is 4.14. The van der Waals surface area contributed by atoms with Gasteiger partial charge in [0.2, 0.25) is 0 Å². The molecule has 0 aliphatic carbocycles. The lowest BCUT2D eigenvalue weighted by molar-refractivity contribution is 0.307. The lowest BCUT2D eigenvalue weighted by atomic mass is 9.76. The number of benzene rings is 1. The van der Waals surface area contributed by atoms with Crippen LogP contribution in [0.5, 0.6) is 0 Å². The Hall–Kier alpha value is -1.09. The van der Waals surface area contributed by atoms with Crippen molar-refractivity contribution < 1.29 is 4.39 Å². The first-order valence-corrected chi connectivity index (χ1v) is 6.58. The zero-order chi connectivity index (χ0) is 11.7. The van der Waals surface area contributed by atoms with E-state index in [0.29, 0.717) is 5.92 Å². The summed E-state index contributed by atoms with van der Waals surface area (Å²) in [5.41, 5.74) is 2.34. The molecule has 3 rings (SSSR count). The molecule has 1 aromatic rings. The van der Waals surface area contributed by atoms with Crippen molar-refractivity contribution in [2.24, 2.45) is 5.92 Å². The molecule has 1 saturated heterocycles. The maximum atomic E-state index is 13.4. The minimum absolute atomic E-state index is 0.105. The molecule has 2 N–H and O–H groups in total. The average Bonchev–Trinajstić information content (AvgIpc) is 2.39. The largest absolute Gasteiger partial charge is 0.385 e. The SMILES string of the molecule is Fc1ccc2c(c1)C(C1CCNCC1)CCN2. The molecule has 92 valence electrons. The molecule has 2 aliphatic rings. The van der Waals surface area contributed by atoms with Crippen LogP contribution in [0.2, 0.25) is 0 Å². The van der Waals surface area contributed by atoms with Gasteiger partial charge in [0.25, 0.3) is 0 Å². The van der Waals surface area contributed by atoms with Crippen LogP contribution in [0, 0.1) is 11.7 Å². The Balaban J connectivity index is 1.89. The summed E-state index contributed by atoms with van der Waals surface area (Å²) in [5.74, 6) is 1.16. The Morgan fingerprint density at radius 2 is 1.88 bits per heavy atom. The first-order valence-electron chi connectivity index (χ1n) is 6.58. The molecule has 0 amide bonds. The number of nitrogens with one attached hydrogen (secondary N) is 2. The van der Waals surface area contributed by atoms with Gasteiger partial charge in [0.15, 0.2) is 0 Å². The molecular formula is C14H19FN2. The molecule has 1 aromatic carbocycles. The predicted octanol–water partition coefficient (Wildman–Crippen LogP) is 2.72. The van der Waals surface area contributed by atoms with E-state index in [4.69, 9.17) is 0 Å². The van der Waals surface area contributed by atoms with Crippen LogP contribution in [-0.4, -0.2) is 19.6 Å². The van der Waals surface area contributed by atoms with Gasteiger partial charge in [-0.1, -0.05) is 0 Å². The summed E-state index contributed by atoms with van der Waals surface area (Å²) in [5, 5.41) is 6.78. The van der Waals surface area contributed by atoms with Crippen LogP contribution in [0.4, 0.5) is 10.1 Å². The second-order valence-electron chi connectivity index (χ2n) is 5.14. The summed E-state index contributed by atoms with van der Waals surface area (Å²) in [4.78, 5) is 0. The van der Waals surface area contributed by atoms with E-state index >= 15 is 0 Å². The van der Waals surface area contributed by atoms with Crippen molar-refractivity contribution in [1.82, 2.24) is 5.32 Å². The Morgan fingerprint density at radius 3 is 2.71 bits per heavy atom. The summed E-state index contributed by atoms with van der Waals surface area (Å²) in [6.45, 7) is 3.24. The molecule has 3 heteroatoms. The van der Waals surface area contributed by atoms with Crippen LogP contribution >= 0.6 is 0 Å². The lowest BCUT2D eigenvalue weighted by Gasteiger charge is -2.35. The molecule has 0 aromatic heterocycles. The maximum absolute atomic E-state index is 13.4. The van der Waals surface area contributed by atoms with E-state index < -0.39 is 0 Å². The molecule has 1 unspecified atom stereocenters. The highest BCUT2D eigenvalue weighted by atomic mass is 19.1. The Labute approximate surface area is 102 Å². The highest BCUT2D eigenvalue weighted by Gasteiger charge is 2.29. The second-order valence-corrected chi connectivity index (χ2v) is 5.14. The van der Waals surface area contributed by atoms with Crippen LogP contribution in [0.25, 0.3) is 0 Å². The summed E-state index contributed by atoms with van der Waals surface area (Å²) in [6.07, 6.45) is 3.59. The van der Waals surface area contributed by atoms with Gasteiger partial charge in [-0.2, -0.15) is 0 Å². The van der Waals surface area contributed by atoms with Crippen LogP contribution < -0.4 is 10.6 Å². The molecule has 0 bridgehead atoms. The number of halogens is 1. The lowest BCUT2D eigenvalue weighted by Crippen LogP contribution is -2.33. The number of hydrogen-bond acceptors (Lipinski definition) is 2. The van der Waals surface area contributed by atoms with Crippen molar-refractivity contribution in [2.75, 3.05) is 25.0 Å². The highest BCUT2D eigenvalue weighted by Crippen LogP contribution is 2.40. The average molecular weight is 234 g/mol. The minimum atomic E-state index is -0.105. The quantitative estimate of drug-likeness (QED) is 0.780. The smallest absolute Gasteiger partial charge is 0.123 e. The predicted molar refractivity (Wildman–Crippen MR) is 67.8 cm³/mol. The van der Waals surface area contributed by atoms with Crippen molar-refractivity contribution in [3.05, 3.63) is 29.6 Å². The van der Waals surface area contributed by atoms with Crippen molar-refractivity contribution in [3.63, 3.8) is 0 Å². The topological polar surface area (TPSA) is 24.1 Å². The Kier molecular flexibility index (Phi) is 3.02. The summed E-state index contributed by atoms with van der Waals surface area (Å²) in [6, 6.07) is 5.17. The third kappa shape index (κ3) is 2.16. The van der Waals surface area contributed by atoms with E-state index in [2.05, 4.69) is 10.6 Å². The van der Waals surface area contributed by atoms with E-state index in [1.54, 1.807) is 12.1 Å². The van der Waals surface area contributed by atoms with E-state index in [0.717, 1.165) is 37.7 Å². The minimum Gasteiger partial charge on any atom is -0.385 e. The zero-order valence-electron chi connectivity index (χ0n) is 10.0. The van der Waals surface area contributed by atoms with Gasteiger partial charge in [-0.3, -0.25) is 0 Å². The Bertz CT molecular complexity index is 399. The van der Waals surface area contributed by atoms with Gasteiger partial charge in [0, 0.05) is 12.2 Å². The summed E-state index contributed by atoms with van der Waals surface area (Å²) in [7, 11) is 0. The van der Waals surface area contributed by atoms with Crippen molar-refractivity contribution in [1.29, 1.82) is 0 Å². The van der Waals surface area contributed by atoms with Crippen LogP contribution in [-0.2, 0) is 0 Å². The molecule has 2 nitrogen and oxygen atoms in total. The van der Waals surface area contributed by atoms with E-state index in [9.17, 15) is 4.39 Å². The van der Waals surface area contributed by atoms with E-state index in [1.165, 1.54) is 18.4 Å². The first-order chi connectivity index (χ1) is 8.34. The summed E-state index contributed by atoms with van der Waals surface area (Å²) >= 11 is 0. The van der Waals surface area contributed by atoms with Crippen molar-refractivity contribution in [2.45, 2.75) is 25.2 Å². The number of hydrogen-bond donors (Lipinski definition) is 2. The Morgan fingerprint density at radius 1 is 1.06 bits per heavy atom. The zero-order valence-corrected chi connectivity index (χ0v) is 10.0. The van der Waals surface area contributed by atoms with Gasteiger partial charge in [0.05, 0.1) is 0 Å². The van der Waals surface area contributed by atoms with Crippen LogP contribution in [0.3, 0.4) is 0 Å². The third-order valence-electron chi connectivity index (χ3n) is 4.14. The highest BCUT2D eigenvalue weighted by molar-refractivity contribution is 5.55. The van der Waals surface area contributed by atoms with Gasteiger partial charge in [-0.15, -0.1) is 0 Å². The first kappa shape index (κ1) is 11.0. The van der Waals surface area contributed by atoms with Gasteiger partial charge in [-0.25, -0.2) is 4.39 Å². The molecule has 0 radical (unpaired) electrons. The number of rotatable bonds is 1. The normalized spacial score (nSPS) is 25.1. The summed E-state index contributed by atoms with van der Waals surface area (Å²) < 4.78 is 13.4. The standard InChI is InChI=1S/C14H19FN2/c15-11-1-2-14-13(9-11)12(5-8-17-14)10-3-6-16-7-4-10/h1-2,9-10,12,16-17H,3-8H2. The van der Waals surface area contributed by atoms with Crippen molar-refractivity contribution in [3.8, 4) is 0 Å². The van der Waals surface area contributed by atoms with Gasteiger partial charge >= 0.3 is 0 Å². The molecule has 17 heavy (non-hydrogen) atoms. The fraction of sp³-hybridized carbons (Fsp3) is 0.571. The molecule has 0 saturated carbocycles. The number of anilines is 1. The molecule has 1 atom stereocenters. The van der Waals surface area contributed by atoms with Crippen LogP contribution in [0.15, 0.2) is 18.2 Å². The van der Waals surface area contributed by atoms with E-state index in [-0.39, 0.29) is 5.82 Å². The molecule has 0 spiro atoms. The van der Waals surface area contributed by atoms with Crippen LogP contribution in [0.1, 0.15) is 30.7 Å². The molecule has 2 aliphatic heterocycles. The van der Waals surface area contributed by atoms with E-state index in [1.807, 2.05) is 6.07 Å². The van der Waals surface area contributed by atoms with Crippen molar-refractivity contribution >= 4 is 5.69 Å². The van der Waals surface area contributed by atoms with Gasteiger partial charge < -0.3 is 10.6 Å².